The van der Waals surface area contributed by atoms with Gasteiger partial charge in [-0.2, -0.15) is 0 Å². The summed E-state index contributed by atoms with van der Waals surface area (Å²) in [4.78, 5) is 24.5. The molecule has 108 valence electrons. The number of amides is 2. The number of nitrogens with zero attached hydrogens (tertiary/aromatic N) is 1. The monoisotopic (exact) mass is 340 g/mol. The lowest BCUT2D eigenvalue weighted by Gasteiger charge is -2.41. The van der Waals surface area contributed by atoms with Crippen LogP contribution in [0.1, 0.15) is 12.5 Å². The van der Waals surface area contributed by atoms with Gasteiger partial charge in [0.25, 0.3) is 0 Å². The second kappa shape index (κ2) is 5.83. The highest BCUT2D eigenvalue weighted by Crippen LogP contribution is 2.25. The molecule has 1 aromatic rings. The molecule has 20 heavy (non-hydrogen) atoms. The highest BCUT2D eigenvalue weighted by atomic mass is 79.9. The molecule has 0 radical (unpaired) electrons. The second-order valence-corrected chi connectivity index (χ2v) is 6.16. The normalized spacial score (nSPS) is 16.4. The average Bonchev–Trinajstić information content (AvgIpc) is 2.24. The maximum Gasteiger partial charge on any atom is 0.321 e. The van der Waals surface area contributed by atoms with Crippen molar-refractivity contribution < 1.29 is 14.7 Å². The van der Waals surface area contributed by atoms with E-state index in [2.05, 4.69) is 21.2 Å². The number of carbonyl (C=O) groups is 2. The predicted octanol–water partition coefficient (Wildman–Crippen LogP) is 2.94. The van der Waals surface area contributed by atoms with E-state index in [9.17, 15) is 9.59 Å². The minimum atomic E-state index is -0.808. The fourth-order valence-electron chi connectivity index (χ4n) is 2.21. The van der Waals surface area contributed by atoms with E-state index in [0.29, 0.717) is 13.1 Å². The van der Waals surface area contributed by atoms with Gasteiger partial charge in [0.2, 0.25) is 0 Å². The first kappa shape index (κ1) is 14.8. The molecule has 2 amide bonds. The number of aliphatic carboxylic acids is 1. The van der Waals surface area contributed by atoms with E-state index in [-0.39, 0.29) is 11.9 Å². The van der Waals surface area contributed by atoms with Crippen molar-refractivity contribution in [3.8, 4) is 0 Å². The predicted molar refractivity (Wildman–Crippen MR) is 79.8 cm³/mol. The Hall–Kier alpha value is -1.56. The fraction of sp³-hybridized carbons (Fsp3) is 0.429. The Morgan fingerprint density at radius 2 is 2.05 bits per heavy atom. The van der Waals surface area contributed by atoms with Gasteiger partial charge >= 0.3 is 12.0 Å². The van der Waals surface area contributed by atoms with Crippen LogP contribution >= 0.6 is 15.9 Å². The van der Waals surface area contributed by atoms with Crippen molar-refractivity contribution in [3.63, 3.8) is 0 Å². The molecule has 0 aliphatic carbocycles. The third-order valence-corrected chi connectivity index (χ3v) is 4.04. The van der Waals surface area contributed by atoms with Gasteiger partial charge in [0.15, 0.2) is 0 Å². The topological polar surface area (TPSA) is 69.6 Å². The number of anilines is 1. The highest BCUT2D eigenvalue weighted by Gasteiger charge is 2.37. The van der Waals surface area contributed by atoms with Crippen LogP contribution in [0.4, 0.5) is 10.5 Å². The van der Waals surface area contributed by atoms with Crippen LogP contribution in [0.25, 0.3) is 0 Å². The molecule has 1 heterocycles. The third kappa shape index (κ3) is 3.30. The molecule has 0 spiro atoms. The number of urea groups is 1. The standard InChI is InChI=1S/C14H17BrN2O3/c1-8-3-11(15)5-12(4-8)16-14(20)17-6-10(7-17)9(2)13(18)19/h3-5,9-10H,6-7H2,1-2H3,(H,16,20)(H,18,19). The first-order valence-corrected chi connectivity index (χ1v) is 7.22. The number of hydrogen-bond donors (Lipinski definition) is 2. The van der Waals surface area contributed by atoms with E-state index in [1.165, 1.54) is 0 Å². The Balaban J connectivity index is 1.90. The van der Waals surface area contributed by atoms with Gasteiger partial charge in [0, 0.05) is 29.2 Å². The number of likely N-dealkylation sites (tertiary alicyclic amines) is 1. The van der Waals surface area contributed by atoms with Gasteiger partial charge in [0.05, 0.1) is 5.92 Å². The van der Waals surface area contributed by atoms with E-state index in [4.69, 9.17) is 5.11 Å². The Kier molecular flexibility index (Phi) is 4.32. The Labute approximate surface area is 126 Å². The SMILES string of the molecule is Cc1cc(Br)cc(NC(=O)N2CC(C(C)C(=O)O)C2)c1. The van der Waals surface area contributed by atoms with E-state index >= 15 is 0 Å². The Morgan fingerprint density at radius 1 is 1.40 bits per heavy atom. The molecule has 1 fully saturated rings. The first-order valence-electron chi connectivity index (χ1n) is 6.42. The number of rotatable bonds is 3. The van der Waals surface area contributed by atoms with E-state index in [1.807, 2.05) is 25.1 Å². The molecule has 1 aromatic carbocycles. The summed E-state index contributed by atoms with van der Waals surface area (Å²) in [5.41, 5.74) is 1.78. The molecule has 6 heteroatoms. The highest BCUT2D eigenvalue weighted by molar-refractivity contribution is 9.10. The van der Waals surface area contributed by atoms with Crippen molar-refractivity contribution in [1.29, 1.82) is 0 Å². The lowest BCUT2D eigenvalue weighted by Crippen LogP contribution is -2.54. The summed E-state index contributed by atoms with van der Waals surface area (Å²) >= 11 is 3.39. The second-order valence-electron chi connectivity index (χ2n) is 5.24. The lowest BCUT2D eigenvalue weighted by atomic mass is 9.87. The zero-order chi connectivity index (χ0) is 14.9. The molecule has 2 N–H and O–H groups in total. The van der Waals surface area contributed by atoms with Crippen molar-refractivity contribution in [2.24, 2.45) is 11.8 Å². The number of aryl methyl sites for hydroxylation is 1. The third-order valence-electron chi connectivity index (χ3n) is 3.59. The molecule has 1 unspecified atom stereocenters. The van der Waals surface area contributed by atoms with Crippen LogP contribution in [0, 0.1) is 18.8 Å². The number of carbonyl (C=O) groups excluding carboxylic acids is 1. The molecular weight excluding hydrogens is 324 g/mol. The number of carboxylic acids is 1. The molecule has 1 saturated heterocycles. The van der Waals surface area contributed by atoms with Gasteiger partial charge in [-0.25, -0.2) is 4.79 Å². The van der Waals surface area contributed by atoms with Crippen LogP contribution < -0.4 is 5.32 Å². The van der Waals surface area contributed by atoms with Crippen molar-refractivity contribution >= 4 is 33.6 Å². The molecule has 5 nitrogen and oxygen atoms in total. The van der Waals surface area contributed by atoms with E-state index in [0.717, 1.165) is 15.7 Å². The van der Waals surface area contributed by atoms with Gasteiger partial charge in [-0.1, -0.05) is 22.9 Å². The largest absolute Gasteiger partial charge is 0.481 e. The van der Waals surface area contributed by atoms with Crippen LogP contribution in [0.2, 0.25) is 0 Å². The summed E-state index contributed by atoms with van der Waals surface area (Å²) in [6.07, 6.45) is 0. The Bertz CT molecular complexity index is 521. The first-order chi connectivity index (χ1) is 9.36. The number of nitrogens with one attached hydrogen (secondary N) is 1. The molecule has 2 rings (SSSR count). The zero-order valence-electron chi connectivity index (χ0n) is 11.4. The quantitative estimate of drug-likeness (QED) is 0.888. The van der Waals surface area contributed by atoms with Crippen molar-refractivity contribution in [3.05, 3.63) is 28.2 Å². The lowest BCUT2D eigenvalue weighted by molar-refractivity contribution is -0.144. The maximum absolute atomic E-state index is 12.0. The summed E-state index contributed by atoms with van der Waals surface area (Å²) in [6, 6.07) is 5.50. The smallest absolute Gasteiger partial charge is 0.321 e. The fourth-order valence-corrected chi connectivity index (χ4v) is 2.82. The summed E-state index contributed by atoms with van der Waals surface area (Å²) in [6.45, 7) is 4.62. The number of carboxylic acid groups (broad SMARTS) is 1. The van der Waals surface area contributed by atoms with E-state index in [1.54, 1.807) is 11.8 Å². The molecule has 0 saturated carbocycles. The minimum Gasteiger partial charge on any atom is -0.481 e. The van der Waals surface area contributed by atoms with Crippen LogP contribution in [0.5, 0.6) is 0 Å². The van der Waals surface area contributed by atoms with Gasteiger partial charge in [-0.15, -0.1) is 0 Å². The number of hydrogen-bond acceptors (Lipinski definition) is 2. The van der Waals surface area contributed by atoms with Crippen molar-refractivity contribution in [2.45, 2.75) is 13.8 Å². The number of benzene rings is 1. The van der Waals surface area contributed by atoms with Crippen molar-refractivity contribution in [2.75, 3.05) is 18.4 Å². The van der Waals surface area contributed by atoms with E-state index < -0.39 is 11.9 Å². The molecule has 1 aliphatic rings. The molecule has 1 aliphatic heterocycles. The Morgan fingerprint density at radius 3 is 2.60 bits per heavy atom. The summed E-state index contributed by atoms with van der Waals surface area (Å²) in [7, 11) is 0. The molecule has 1 atom stereocenters. The van der Waals surface area contributed by atoms with Crippen LogP contribution in [0.3, 0.4) is 0 Å². The van der Waals surface area contributed by atoms with Crippen LogP contribution in [-0.2, 0) is 4.79 Å². The number of halogens is 1. The molecule has 0 aromatic heterocycles. The summed E-state index contributed by atoms with van der Waals surface area (Å²) in [5.74, 6) is -1.17. The zero-order valence-corrected chi connectivity index (χ0v) is 13.0. The van der Waals surface area contributed by atoms with Gasteiger partial charge in [-0.05, 0) is 30.7 Å². The minimum absolute atomic E-state index is 0.0440. The molecule has 0 bridgehead atoms. The summed E-state index contributed by atoms with van der Waals surface area (Å²) < 4.78 is 0.911. The van der Waals surface area contributed by atoms with Gasteiger partial charge in [-0.3, -0.25) is 4.79 Å². The van der Waals surface area contributed by atoms with Crippen LogP contribution in [-0.4, -0.2) is 35.1 Å². The summed E-state index contributed by atoms with van der Waals surface area (Å²) in [5, 5.41) is 11.7. The van der Waals surface area contributed by atoms with Crippen LogP contribution in [0.15, 0.2) is 22.7 Å². The average molecular weight is 341 g/mol. The van der Waals surface area contributed by atoms with Crippen molar-refractivity contribution in [1.82, 2.24) is 4.90 Å². The maximum atomic E-state index is 12.0. The van der Waals surface area contributed by atoms with Gasteiger partial charge < -0.3 is 15.3 Å². The van der Waals surface area contributed by atoms with Gasteiger partial charge in [0.1, 0.15) is 0 Å². The molecular formula is C14H17BrN2O3.